The van der Waals surface area contributed by atoms with Crippen molar-refractivity contribution in [2.75, 3.05) is 0 Å². The van der Waals surface area contributed by atoms with E-state index in [4.69, 9.17) is 9.47 Å². The number of carbonyl (C=O) groups is 2. The lowest BCUT2D eigenvalue weighted by Crippen LogP contribution is -2.49. The van der Waals surface area contributed by atoms with Crippen LogP contribution in [0, 0.1) is 10.1 Å². The lowest BCUT2D eigenvalue weighted by atomic mass is 9.81. The fraction of sp³-hybridized carbons (Fsp3) is 0.200. The average Bonchev–Trinajstić information content (AvgIpc) is 2.83. The van der Waals surface area contributed by atoms with Crippen LogP contribution < -0.4 is 4.57 Å². The van der Waals surface area contributed by atoms with E-state index in [1.54, 1.807) is 47.3 Å². The number of pyridine rings is 2. The summed E-state index contributed by atoms with van der Waals surface area (Å²) in [4.78, 5) is 41.7. The zero-order valence-corrected chi connectivity index (χ0v) is 18.9. The summed E-state index contributed by atoms with van der Waals surface area (Å²) >= 11 is 0. The molecule has 2 atom stereocenters. The summed E-state index contributed by atoms with van der Waals surface area (Å²) in [5, 5.41) is 22.0. The van der Waals surface area contributed by atoms with Crippen LogP contribution in [0.5, 0.6) is 0 Å². The van der Waals surface area contributed by atoms with Crippen LogP contribution in [0.1, 0.15) is 41.7 Å². The Balaban J connectivity index is 1.96. The number of esters is 1. The number of rotatable bonds is 7. The molecule has 35 heavy (non-hydrogen) atoms. The van der Waals surface area contributed by atoms with Gasteiger partial charge in [-0.25, -0.2) is 4.79 Å². The van der Waals surface area contributed by atoms with Gasteiger partial charge in [0.05, 0.1) is 10.8 Å². The van der Waals surface area contributed by atoms with Crippen LogP contribution in [0.4, 0.5) is 5.69 Å². The van der Waals surface area contributed by atoms with Crippen LogP contribution in [0.15, 0.2) is 90.9 Å². The number of carbonyl (C=O) groups excluding carboxylic acids is 2. The zero-order valence-electron chi connectivity index (χ0n) is 18.9. The van der Waals surface area contributed by atoms with Crippen molar-refractivity contribution in [1.29, 1.82) is 0 Å². The zero-order chi connectivity index (χ0) is 25.2. The molecule has 1 N–H and O–H groups in total. The normalized spacial score (nSPS) is 16.6. The Morgan fingerprint density at radius 2 is 1.77 bits per heavy atom. The number of aliphatic hydroxyl groups excluding tert-OH is 1. The van der Waals surface area contributed by atoms with E-state index in [0.29, 0.717) is 5.56 Å². The standard InChI is InChI=1S/C25H21N3O7/c1-25(2)34-23(30)20(24(31)35-25)19(16-8-10-18(11-9-16)28(32)33)21(27-13-4-3-5-14-27)22(29)17-7-6-12-26-15-17/h3-15,19,21H,1-2H3/p+1. The van der Waals surface area contributed by atoms with Gasteiger partial charge < -0.3 is 14.6 Å². The summed E-state index contributed by atoms with van der Waals surface area (Å²) < 4.78 is 12.4. The number of hydrogen-bond acceptors (Lipinski definition) is 8. The van der Waals surface area contributed by atoms with Crippen LogP contribution in [0.25, 0.3) is 0 Å². The molecule has 0 saturated carbocycles. The number of aliphatic hydroxyl groups is 1. The minimum Gasteiger partial charge on any atom is -0.480 e. The SMILES string of the molecule is CC1(C)OC(=O)C(C(c2ccc([N+](=O)[O-])cc2)C(C(=O)c2cccnc2)[n+]2ccccc2)=C(O)O1. The maximum atomic E-state index is 13.9. The molecule has 1 aromatic carbocycles. The molecule has 4 rings (SSSR count). The molecule has 0 saturated heterocycles. The Bertz CT molecular complexity index is 1290. The lowest BCUT2D eigenvalue weighted by Gasteiger charge is -2.34. The number of ketones is 1. The van der Waals surface area contributed by atoms with E-state index < -0.39 is 40.4 Å². The molecule has 1 aliphatic rings. The number of aromatic nitrogens is 2. The molecular formula is C25H22N3O7+. The summed E-state index contributed by atoms with van der Waals surface area (Å²) in [7, 11) is 0. The molecule has 3 heterocycles. The Morgan fingerprint density at radius 3 is 2.34 bits per heavy atom. The Labute approximate surface area is 200 Å². The molecule has 10 nitrogen and oxygen atoms in total. The molecule has 1 aliphatic heterocycles. The molecule has 178 valence electrons. The highest BCUT2D eigenvalue weighted by Crippen LogP contribution is 2.40. The Kier molecular flexibility index (Phi) is 6.28. The molecule has 0 radical (unpaired) electrons. The first-order chi connectivity index (χ1) is 16.7. The van der Waals surface area contributed by atoms with Gasteiger partial charge >= 0.3 is 5.97 Å². The first kappa shape index (κ1) is 23.6. The third-order valence-corrected chi connectivity index (χ3v) is 5.50. The van der Waals surface area contributed by atoms with Gasteiger partial charge in [0, 0.05) is 56.1 Å². The third kappa shape index (κ3) is 4.86. The van der Waals surface area contributed by atoms with Crippen molar-refractivity contribution < 1.29 is 33.7 Å². The second kappa shape index (κ2) is 9.34. The number of ether oxygens (including phenoxy) is 2. The van der Waals surface area contributed by atoms with Gasteiger partial charge in [0.15, 0.2) is 12.4 Å². The largest absolute Gasteiger partial charge is 0.480 e. The van der Waals surface area contributed by atoms with E-state index in [1.165, 1.54) is 50.5 Å². The van der Waals surface area contributed by atoms with E-state index in [0.717, 1.165) is 0 Å². The van der Waals surface area contributed by atoms with Crippen molar-refractivity contribution in [3.05, 3.63) is 112 Å². The van der Waals surface area contributed by atoms with Gasteiger partial charge in [-0.05, 0) is 17.7 Å². The molecule has 3 aromatic rings. The predicted molar refractivity (Wildman–Crippen MR) is 121 cm³/mol. The number of nitro groups is 1. The molecule has 0 fully saturated rings. The average molecular weight is 476 g/mol. The van der Waals surface area contributed by atoms with Crippen LogP contribution in [0.3, 0.4) is 0 Å². The molecule has 0 amide bonds. The quantitative estimate of drug-likeness (QED) is 0.180. The second-order valence-corrected chi connectivity index (χ2v) is 8.31. The van der Waals surface area contributed by atoms with Gasteiger partial charge in [-0.3, -0.25) is 19.9 Å². The number of non-ortho nitro benzene ring substituents is 1. The summed E-state index contributed by atoms with van der Waals surface area (Å²) in [6, 6.07) is 12.7. The maximum absolute atomic E-state index is 13.9. The van der Waals surface area contributed by atoms with Crippen molar-refractivity contribution in [2.45, 2.75) is 31.6 Å². The molecule has 10 heteroatoms. The van der Waals surface area contributed by atoms with E-state index >= 15 is 0 Å². The summed E-state index contributed by atoms with van der Waals surface area (Å²) in [6.45, 7) is 2.92. The Morgan fingerprint density at radius 1 is 1.09 bits per heavy atom. The number of cyclic esters (lactones) is 1. The second-order valence-electron chi connectivity index (χ2n) is 8.31. The van der Waals surface area contributed by atoms with Crippen molar-refractivity contribution in [1.82, 2.24) is 4.98 Å². The van der Waals surface area contributed by atoms with Gasteiger partial charge in [-0.15, -0.1) is 0 Å². The lowest BCUT2D eigenvalue weighted by molar-refractivity contribution is -0.710. The van der Waals surface area contributed by atoms with E-state index in [-0.39, 0.29) is 16.8 Å². The minimum atomic E-state index is -1.42. The summed E-state index contributed by atoms with van der Waals surface area (Å²) in [5.74, 6) is -4.51. The van der Waals surface area contributed by atoms with Crippen LogP contribution >= 0.6 is 0 Å². The fourth-order valence-corrected chi connectivity index (χ4v) is 3.98. The summed E-state index contributed by atoms with van der Waals surface area (Å²) in [6.07, 6.45) is 6.22. The molecular weight excluding hydrogens is 454 g/mol. The van der Waals surface area contributed by atoms with Gasteiger partial charge in [-0.2, -0.15) is 4.57 Å². The minimum absolute atomic E-state index is 0.170. The van der Waals surface area contributed by atoms with Crippen molar-refractivity contribution >= 4 is 17.4 Å². The molecule has 0 aliphatic carbocycles. The van der Waals surface area contributed by atoms with Crippen LogP contribution in [0.2, 0.25) is 0 Å². The van der Waals surface area contributed by atoms with Crippen LogP contribution in [-0.2, 0) is 14.3 Å². The van der Waals surface area contributed by atoms with Gasteiger partial charge in [0.2, 0.25) is 11.8 Å². The van der Waals surface area contributed by atoms with Gasteiger partial charge in [0.1, 0.15) is 5.57 Å². The van der Waals surface area contributed by atoms with Gasteiger partial charge in [-0.1, -0.05) is 18.2 Å². The van der Waals surface area contributed by atoms with Crippen molar-refractivity contribution in [3.63, 3.8) is 0 Å². The van der Waals surface area contributed by atoms with E-state index in [1.807, 2.05) is 0 Å². The first-order valence-corrected chi connectivity index (χ1v) is 10.7. The highest BCUT2D eigenvalue weighted by Gasteiger charge is 2.48. The topological polar surface area (TPSA) is 133 Å². The molecule has 0 spiro atoms. The predicted octanol–water partition coefficient (Wildman–Crippen LogP) is 3.56. The Hall–Kier alpha value is -4.60. The summed E-state index contributed by atoms with van der Waals surface area (Å²) in [5.41, 5.74) is 0.177. The number of Topliss-reactive ketones (excluding diaryl/α,β-unsaturated/α-hetero) is 1. The molecule has 2 aromatic heterocycles. The third-order valence-electron chi connectivity index (χ3n) is 5.50. The number of nitrogens with zero attached hydrogens (tertiary/aromatic N) is 3. The monoisotopic (exact) mass is 476 g/mol. The highest BCUT2D eigenvalue weighted by molar-refractivity contribution is 6.00. The number of benzene rings is 1. The van der Waals surface area contributed by atoms with Crippen molar-refractivity contribution in [2.24, 2.45) is 0 Å². The van der Waals surface area contributed by atoms with Crippen LogP contribution in [-0.4, -0.2) is 32.6 Å². The molecule has 0 bridgehead atoms. The first-order valence-electron chi connectivity index (χ1n) is 10.7. The fourth-order valence-electron chi connectivity index (χ4n) is 3.98. The van der Waals surface area contributed by atoms with Gasteiger partial charge in [0.25, 0.3) is 17.4 Å². The number of hydrogen-bond donors (Lipinski definition) is 1. The van der Waals surface area contributed by atoms with E-state index in [9.17, 15) is 24.8 Å². The van der Waals surface area contributed by atoms with Crippen molar-refractivity contribution in [3.8, 4) is 0 Å². The number of nitro benzene ring substituents is 1. The highest BCUT2D eigenvalue weighted by atomic mass is 16.8. The smallest absolute Gasteiger partial charge is 0.345 e. The maximum Gasteiger partial charge on any atom is 0.345 e. The molecule has 2 unspecified atom stereocenters. The van der Waals surface area contributed by atoms with E-state index in [2.05, 4.69) is 4.98 Å².